The van der Waals surface area contributed by atoms with Gasteiger partial charge in [0.15, 0.2) is 0 Å². The molecule has 1 fully saturated rings. The molecule has 2 aliphatic heterocycles. The number of carbonyl (C=O) groups excluding carboxylic acids is 2. The van der Waals surface area contributed by atoms with Crippen molar-refractivity contribution in [3.63, 3.8) is 0 Å². The van der Waals surface area contributed by atoms with E-state index in [0.717, 1.165) is 30.6 Å². The average molecular weight is 362 g/mol. The molecule has 2 heterocycles. The summed E-state index contributed by atoms with van der Waals surface area (Å²) in [6.07, 6.45) is 2.56. The molecule has 5 nitrogen and oxygen atoms in total. The van der Waals surface area contributed by atoms with Crippen molar-refractivity contribution in [2.45, 2.75) is 37.5 Å². The molecule has 0 radical (unpaired) electrons. The van der Waals surface area contributed by atoms with Crippen LogP contribution in [0.25, 0.3) is 0 Å². The Morgan fingerprint density at radius 2 is 2.00 bits per heavy atom. The van der Waals surface area contributed by atoms with Crippen molar-refractivity contribution in [2.24, 2.45) is 5.92 Å². The lowest BCUT2D eigenvalue weighted by Gasteiger charge is -2.35. The number of amides is 2. The van der Waals surface area contributed by atoms with E-state index < -0.39 is 0 Å². The highest BCUT2D eigenvalue weighted by Crippen LogP contribution is 2.37. The lowest BCUT2D eigenvalue weighted by molar-refractivity contribution is -0.121. The summed E-state index contributed by atoms with van der Waals surface area (Å²) >= 11 is 1.73. The molecule has 0 aromatic heterocycles. The van der Waals surface area contributed by atoms with E-state index in [-0.39, 0.29) is 23.3 Å². The van der Waals surface area contributed by atoms with Gasteiger partial charge in [-0.1, -0.05) is 24.3 Å². The summed E-state index contributed by atoms with van der Waals surface area (Å²) < 4.78 is 4.78. The lowest BCUT2D eigenvalue weighted by Crippen LogP contribution is -2.46. The fourth-order valence-electron chi connectivity index (χ4n) is 3.74. The van der Waals surface area contributed by atoms with E-state index in [0.29, 0.717) is 19.0 Å². The predicted octanol–water partition coefficient (Wildman–Crippen LogP) is 3.00. The maximum Gasteiger partial charge on any atom is 0.409 e. The van der Waals surface area contributed by atoms with Crippen LogP contribution in [0.1, 0.15) is 36.1 Å². The summed E-state index contributed by atoms with van der Waals surface area (Å²) in [6, 6.07) is 8.37. The smallest absolute Gasteiger partial charge is 0.409 e. The van der Waals surface area contributed by atoms with Crippen LogP contribution in [0.4, 0.5) is 4.79 Å². The molecule has 136 valence electrons. The van der Waals surface area contributed by atoms with Crippen molar-refractivity contribution >= 4 is 23.8 Å². The molecule has 1 aromatic rings. The zero-order valence-electron chi connectivity index (χ0n) is 14.9. The second-order valence-electron chi connectivity index (χ2n) is 6.79. The van der Waals surface area contributed by atoms with E-state index >= 15 is 0 Å². The van der Waals surface area contributed by atoms with E-state index in [1.807, 2.05) is 12.1 Å². The molecule has 0 bridgehead atoms. The van der Waals surface area contributed by atoms with Crippen LogP contribution in [-0.4, -0.2) is 48.9 Å². The van der Waals surface area contributed by atoms with Crippen molar-refractivity contribution in [2.75, 3.05) is 26.0 Å². The standard InChI is InChI=1S/C19H26N2O3S/c1-13(14-7-10-21(11-8-14)19(23)24-2)20-18(22)17-16-6-4-3-5-15(16)9-12-25-17/h3-6,13-14,17H,7-12H2,1-2H3,(H,20,22)/t13-,17+/m1/s1. The maximum absolute atomic E-state index is 12.8. The molecular weight excluding hydrogens is 336 g/mol. The Bertz CT molecular complexity index is 629. The highest BCUT2D eigenvalue weighted by atomic mass is 32.2. The number of rotatable bonds is 3. The maximum atomic E-state index is 12.8. The van der Waals surface area contributed by atoms with Crippen molar-refractivity contribution in [3.8, 4) is 0 Å². The number of methoxy groups -OCH3 is 1. The Morgan fingerprint density at radius 3 is 2.72 bits per heavy atom. The minimum Gasteiger partial charge on any atom is -0.453 e. The second-order valence-corrected chi connectivity index (χ2v) is 8.00. The molecule has 1 N–H and O–H groups in total. The molecule has 2 atom stereocenters. The van der Waals surface area contributed by atoms with Crippen LogP contribution in [0.2, 0.25) is 0 Å². The normalized spacial score (nSPS) is 22.0. The number of thioether (sulfide) groups is 1. The fraction of sp³-hybridized carbons (Fsp3) is 0.579. The van der Waals surface area contributed by atoms with Crippen molar-refractivity contribution in [1.82, 2.24) is 10.2 Å². The van der Waals surface area contributed by atoms with Gasteiger partial charge in [0.2, 0.25) is 5.91 Å². The van der Waals surface area contributed by atoms with Gasteiger partial charge in [-0.15, -0.1) is 11.8 Å². The quantitative estimate of drug-likeness (QED) is 0.898. The number of aryl methyl sites for hydroxylation is 1. The number of likely N-dealkylation sites (tertiary alicyclic amines) is 1. The number of piperidine rings is 1. The molecule has 2 aliphatic rings. The Balaban J connectivity index is 1.56. The number of ether oxygens (including phenoxy) is 1. The molecule has 1 aromatic carbocycles. The molecule has 0 aliphatic carbocycles. The summed E-state index contributed by atoms with van der Waals surface area (Å²) in [5.41, 5.74) is 2.45. The Labute approximate surface area is 153 Å². The summed E-state index contributed by atoms with van der Waals surface area (Å²) in [5, 5.41) is 3.12. The average Bonchev–Trinajstić information content (AvgIpc) is 2.66. The number of hydrogen-bond donors (Lipinski definition) is 1. The lowest BCUT2D eigenvalue weighted by atomic mass is 9.90. The van der Waals surface area contributed by atoms with Crippen LogP contribution in [0.3, 0.4) is 0 Å². The van der Waals surface area contributed by atoms with Gasteiger partial charge in [-0.3, -0.25) is 4.79 Å². The number of nitrogens with one attached hydrogen (secondary N) is 1. The van der Waals surface area contributed by atoms with Gasteiger partial charge in [0.25, 0.3) is 0 Å². The number of carbonyl (C=O) groups is 2. The zero-order chi connectivity index (χ0) is 17.8. The van der Waals surface area contributed by atoms with Crippen molar-refractivity contribution in [3.05, 3.63) is 35.4 Å². The van der Waals surface area contributed by atoms with Gasteiger partial charge in [-0.25, -0.2) is 4.79 Å². The van der Waals surface area contributed by atoms with Gasteiger partial charge in [-0.2, -0.15) is 0 Å². The molecule has 0 spiro atoms. The van der Waals surface area contributed by atoms with Crippen LogP contribution in [-0.2, 0) is 16.0 Å². The highest BCUT2D eigenvalue weighted by molar-refractivity contribution is 8.00. The number of nitrogens with zero attached hydrogens (tertiary/aromatic N) is 1. The third kappa shape index (κ3) is 4.11. The molecular formula is C19H26N2O3S. The summed E-state index contributed by atoms with van der Waals surface area (Å²) in [4.78, 5) is 26.1. The molecule has 3 rings (SSSR count). The first-order chi connectivity index (χ1) is 12.1. The van der Waals surface area contributed by atoms with Crippen molar-refractivity contribution < 1.29 is 14.3 Å². The van der Waals surface area contributed by atoms with E-state index in [2.05, 4.69) is 24.4 Å². The van der Waals surface area contributed by atoms with Crippen LogP contribution in [0.5, 0.6) is 0 Å². The summed E-state index contributed by atoms with van der Waals surface area (Å²) in [6.45, 7) is 3.47. The Kier molecular flexibility index (Phi) is 5.89. The third-order valence-corrected chi connectivity index (χ3v) is 6.52. The SMILES string of the molecule is COC(=O)N1CCC([C@@H](C)NC(=O)[C@H]2SCCc3ccccc32)CC1. The fourth-order valence-corrected chi connectivity index (χ4v) is 4.94. The van der Waals surface area contributed by atoms with Crippen LogP contribution in [0, 0.1) is 5.92 Å². The molecule has 1 saturated heterocycles. The second kappa shape index (κ2) is 8.13. The molecule has 0 unspecified atom stereocenters. The van der Waals surface area contributed by atoms with E-state index in [1.54, 1.807) is 16.7 Å². The van der Waals surface area contributed by atoms with Crippen molar-refractivity contribution in [1.29, 1.82) is 0 Å². The zero-order valence-corrected chi connectivity index (χ0v) is 15.7. The number of hydrogen-bond acceptors (Lipinski definition) is 4. The summed E-state index contributed by atoms with van der Waals surface area (Å²) in [7, 11) is 1.41. The van der Waals surface area contributed by atoms with Gasteiger partial charge in [0, 0.05) is 19.1 Å². The van der Waals surface area contributed by atoms with Crippen LogP contribution < -0.4 is 5.32 Å². The highest BCUT2D eigenvalue weighted by Gasteiger charge is 2.31. The summed E-state index contributed by atoms with van der Waals surface area (Å²) in [5.74, 6) is 1.50. The minimum absolute atomic E-state index is 0.109. The monoisotopic (exact) mass is 362 g/mol. The topological polar surface area (TPSA) is 58.6 Å². The first kappa shape index (κ1) is 18.1. The molecule has 25 heavy (non-hydrogen) atoms. The van der Waals surface area contributed by atoms with E-state index in [9.17, 15) is 9.59 Å². The van der Waals surface area contributed by atoms with Gasteiger partial charge in [0.05, 0.1) is 7.11 Å². The predicted molar refractivity (Wildman–Crippen MR) is 99.7 cm³/mol. The molecule has 6 heteroatoms. The first-order valence-electron chi connectivity index (χ1n) is 8.93. The largest absolute Gasteiger partial charge is 0.453 e. The minimum atomic E-state index is -0.259. The third-order valence-electron chi connectivity index (χ3n) is 5.28. The van der Waals surface area contributed by atoms with E-state index in [1.165, 1.54) is 12.7 Å². The Hall–Kier alpha value is -1.69. The van der Waals surface area contributed by atoms with Gasteiger partial charge in [0.1, 0.15) is 5.25 Å². The van der Waals surface area contributed by atoms with Crippen LogP contribution >= 0.6 is 11.8 Å². The van der Waals surface area contributed by atoms with Crippen LogP contribution in [0.15, 0.2) is 24.3 Å². The number of benzene rings is 1. The number of fused-ring (bicyclic) bond motifs is 1. The Morgan fingerprint density at radius 1 is 1.28 bits per heavy atom. The molecule has 0 saturated carbocycles. The first-order valence-corrected chi connectivity index (χ1v) is 9.97. The molecule has 2 amide bonds. The van der Waals surface area contributed by atoms with Gasteiger partial charge < -0.3 is 15.0 Å². The van der Waals surface area contributed by atoms with Gasteiger partial charge in [-0.05, 0) is 49.0 Å². The van der Waals surface area contributed by atoms with E-state index in [4.69, 9.17) is 4.74 Å². The van der Waals surface area contributed by atoms with Gasteiger partial charge >= 0.3 is 6.09 Å².